The van der Waals surface area contributed by atoms with Crippen LogP contribution in [0.15, 0.2) is 87.2 Å². The first kappa shape index (κ1) is 21.2. The summed E-state index contributed by atoms with van der Waals surface area (Å²) in [6, 6.07) is 19.0. The van der Waals surface area contributed by atoms with E-state index < -0.39 is 15.8 Å². The van der Waals surface area contributed by atoms with Crippen molar-refractivity contribution in [3.8, 4) is 16.9 Å². The van der Waals surface area contributed by atoms with E-state index >= 15 is 0 Å². The van der Waals surface area contributed by atoms with Crippen molar-refractivity contribution in [2.45, 2.75) is 9.92 Å². The lowest BCUT2D eigenvalue weighted by atomic mass is 10.1. The molecule has 0 aliphatic heterocycles. The van der Waals surface area contributed by atoms with E-state index in [0.717, 1.165) is 4.47 Å². The molecule has 0 aliphatic rings. The lowest BCUT2D eigenvalue weighted by Gasteiger charge is -2.10. The maximum atomic E-state index is 13.4. The van der Waals surface area contributed by atoms with Crippen LogP contribution in [0.5, 0.6) is 0 Å². The maximum absolute atomic E-state index is 13.4. The fraction of sp³-hybridized carbons (Fsp3) is 0. The molecule has 4 aromatic rings. The molecule has 0 spiro atoms. The molecule has 7 nitrogen and oxygen atoms in total. The summed E-state index contributed by atoms with van der Waals surface area (Å²) in [5.41, 5.74) is 1.34. The number of sulfone groups is 1. The Hall–Kier alpha value is -3.01. The normalized spacial score (nSPS) is 11.4. The highest BCUT2D eigenvalue weighted by atomic mass is 79.9. The Morgan fingerprint density at radius 3 is 2.23 bits per heavy atom. The molecule has 156 valence electrons. The number of hydrogen-bond acceptors (Lipinski definition) is 5. The molecule has 0 amide bonds. The van der Waals surface area contributed by atoms with Crippen molar-refractivity contribution in [1.29, 1.82) is 0 Å². The minimum absolute atomic E-state index is 0.0737. The molecule has 0 radical (unpaired) electrons. The Morgan fingerprint density at radius 2 is 1.61 bits per heavy atom. The summed E-state index contributed by atoms with van der Waals surface area (Å²) < 4.78 is 29.0. The second-order valence-electron chi connectivity index (χ2n) is 6.45. The van der Waals surface area contributed by atoms with Gasteiger partial charge in [0.25, 0.3) is 0 Å². The number of aromatic carboxylic acids is 1. The molecule has 1 N–H and O–H groups in total. The van der Waals surface area contributed by atoms with E-state index in [4.69, 9.17) is 16.7 Å². The van der Waals surface area contributed by atoms with E-state index in [1.807, 2.05) is 0 Å². The van der Waals surface area contributed by atoms with Crippen LogP contribution in [0.1, 0.15) is 10.4 Å². The van der Waals surface area contributed by atoms with E-state index in [1.54, 1.807) is 36.4 Å². The molecule has 0 saturated carbocycles. The zero-order chi connectivity index (χ0) is 22.2. The summed E-state index contributed by atoms with van der Waals surface area (Å²) in [5.74, 6) is -1.07. The molecule has 0 atom stereocenters. The van der Waals surface area contributed by atoms with Gasteiger partial charge in [0.15, 0.2) is 0 Å². The molecular formula is C21H13BrClN3O4S. The third-order valence-electron chi connectivity index (χ3n) is 4.50. The molecule has 0 aliphatic carbocycles. The Kier molecular flexibility index (Phi) is 5.65. The molecule has 0 fully saturated rings. The van der Waals surface area contributed by atoms with Gasteiger partial charge >= 0.3 is 5.97 Å². The van der Waals surface area contributed by atoms with Gasteiger partial charge in [0, 0.05) is 10.0 Å². The van der Waals surface area contributed by atoms with Gasteiger partial charge in [-0.25, -0.2) is 17.9 Å². The zero-order valence-electron chi connectivity index (χ0n) is 15.6. The molecule has 1 heterocycles. The van der Waals surface area contributed by atoms with Crippen LogP contribution in [0.2, 0.25) is 5.02 Å². The largest absolute Gasteiger partial charge is 0.478 e. The Balaban J connectivity index is 1.96. The number of carboxylic acid groups (broad SMARTS) is 1. The van der Waals surface area contributed by atoms with E-state index in [2.05, 4.69) is 26.2 Å². The second kappa shape index (κ2) is 8.26. The van der Waals surface area contributed by atoms with Crippen LogP contribution in [0.3, 0.4) is 0 Å². The predicted octanol–water partition coefficient (Wildman–Crippen LogP) is 4.88. The van der Waals surface area contributed by atoms with Gasteiger partial charge in [-0.1, -0.05) is 57.0 Å². The van der Waals surface area contributed by atoms with Crippen LogP contribution in [-0.2, 0) is 9.84 Å². The summed E-state index contributed by atoms with van der Waals surface area (Å²) in [6.07, 6.45) is 0. The van der Waals surface area contributed by atoms with Crippen LogP contribution in [0.25, 0.3) is 16.9 Å². The lowest BCUT2D eigenvalue weighted by molar-refractivity contribution is 0.0697. The van der Waals surface area contributed by atoms with Crippen LogP contribution in [0, 0.1) is 0 Å². The van der Waals surface area contributed by atoms with Crippen molar-refractivity contribution in [3.63, 3.8) is 0 Å². The average Bonchev–Trinajstić information content (AvgIpc) is 3.20. The van der Waals surface area contributed by atoms with Gasteiger partial charge < -0.3 is 5.11 Å². The van der Waals surface area contributed by atoms with Gasteiger partial charge in [-0.05, 0) is 48.5 Å². The van der Waals surface area contributed by atoms with E-state index in [9.17, 15) is 13.2 Å². The third-order valence-corrected chi connectivity index (χ3v) is 7.19. The SMILES string of the molecule is O=C(O)c1ccc(-n2nnc(S(=O)(=O)c3ccccc3Cl)c2-c2ccc(Br)cc2)cc1. The molecular weight excluding hydrogens is 506 g/mol. The highest BCUT2D eigenvalue weighted by Crippen LogP contribution is 2.34. The smallest absolute Gasteiger partial charge is 0.335 e. The van der Waals surface area contributed by atoms with E-state index in [1.165, 1.54) is 41.1 Å². The van der Waals surface area contributed by atoms with Crippen molar-refractivity contribution < 1.29 is 18.3 Å². The predicted molar refractivity (Wildman–Crippen MR) is 118 cm³/mol. The van der Waals surface area contributed by atoms with E-state index in [-0.39, 0.29) is 26.2 Å². The Bertz CT molecular complexity index is 1390. The van der Waals surface area contributed by atoms with Crippen LogP contribution >= 0.6 is 27.5 Å². The molecule has 10 heteroatoms. The minimum Gasteiger partial charge on any atom is -0.478 e. The lowest BCUT2D eigenvalue weighted by Crippen LogP contribution is -2.07. The second-order valence-corrected chi connectivity index (χ2v) is 9.60. The summed E-state index contributed by atoms with van der Waals surface area (Å²) in [6.45, 7) is 0. The Labute approximate surface area is 191 Å². The fourth-order valence-electron chi connectivity index (χ4n) is 3.00. The molecule has 0 saturated heterocycles. The van der Waals surface area contributed by atoms with Crippen molar-refractivity contribution >= 4 is 43.3 Å². The molecule has 31 heavy (non-hydrogen) atoms. The topological polar surface area (TPSA) is 102 Å². The summed E-state index contributed by atoms with van der Waals surface area (Å²) in [5, 5.41) is 17.0. The molecule has 4 rings (SSSR count). The number of carboxylic acids is 1. The highest BCUT2D eigenvalue weighted by molar-refractivity contribution is 9.10. The molecule has 0 unspecified atom stereocenters. The number of carbonyl (C=O) groups is 1. The minimum atomic E-state index is -4.10. The van der Waals surface area contributed by atoms with Gasteiger partial charge in [0.05, 0.1) is 21.2 Å². The first-order valence-corrected chi connectivity index (χ1v) is 11.5. The number of aromatic nitrogens is 3. The van der Waals surface area contributed by atoms with Gasteiger partial charge in [-0.15, -0.1) is 5.10 Å². The Morgan fingerprint density at radius 1 is 0.968 bits per heavy atom. The van der Waals surface area contributed by atoms with Gasteiger partial charge in [0.2, 0.25) is 14.9 Å². The van der Waals surface area contributed by atoms with Crippen molar-refractivity contribution in [2.75, 3.05) is 0 Å². The van der Waals surface area contributed by atoms with Gasteiger partial charge in [-0.3, -0.25) is 0 Å². The van der Waals surface area contributed by atoms with Crippen molar-refractivity contribution in [2.24, 2.45) is 0 Å². The van der Waals surface area contributed by atoms with Crippen molar-refractivity contribution in [3.05, 3.63) is 87.9 Å². The van der Waals surface area contributed by atoms with Crippen LogP contribution in [-0.4, -0.2) is 34.5 Å². The number of halogens is 2. The zero-order valence-corrected chi connectivity index (χ0v) is 18.8. The fourth-order valence-corrected chi connectivity index (χ4v) is 5.09. The van der Waals surface area contributed by atoms with Crippen LogP contribution < -0.4 is 0 Å². The van der Waals surface area contributed by atoms with Gasteiger partial charge in [0.1, 0.15) is 5.69 Å². The summed E-state index contributed by atoms with van der Waals surface area (Å²) in [4.78, 5) is 11.1. The first-order valence-electron chi connectivity index (χ1n) is 8.84. The van der Waals surface area contributed by atoms with Gasteiger partial charge in [-0.2, -0.15) is 0 Å². The highest BCUT2D eigenvalue weighted by Gasteiger charge is 2.30. The maximum Gasteiger partial charge on any atom is 0.335 e. The average molecular weight is 519 g/mol. The number of rotatable bonds is 5. The summed E-state index contributed by atoms with van der Waals surface area (Å²) >= 11 is 9.52. The number of nitrogens with zero attached hydrogens (tertiary/aromatic N) is 3. The third kappa shape index (κ3) is 3.99. The van der Waals surface area contributed by atoms with Crippen LogP contribution in [0.4, 0.5) is 0 Å². The first-order chi connectivity index (χ1) is 14.8. The quantitative estimate of drug-likeness (QED) is 0.404. The monoisotopic (exact) mass is 517 g/mol. The van der Waals surface area contributed by atoms with Crippen molar-refractivity contribution in [1.82, 2.24) is 15.0 Å². The number of hydrogen-bond donors (Lipinski definition) is 1. The molecule has 3 aromatic carbocycles. The summed E-state index contributed by atoms with van der Waals surface area (Å²) in [7, 11) is -4.10. The molecule has 1 aromatic heterocycles. The standard InChI is InChI=1S/C21H13BrClN3O4S/c22-15-9-5-13(6-10-15)19-20(31(29,30)18-4-2-1-3-17(18)23)24-25-26(19)16-11-7-14(8-12-16)21(27)28/h1-12H,(H,27,28). The molecule has 0 bridgehead atoms. The number of benzene rings is 3. The van der Waals surface area contributed by atoms with E-state index in [0.29, 0.717) is 11.3 Å².